The summed E-state index contributed by atoms with van der Waals surface area (Å²) in [6.45, 7) is 4.41. The number of hydrogen-bond acceptors (Lipinski definition) is 3. The van der Waals surface area contributed by atoms with E-state index in [-0.39, 0.29) is 36.2 Å². The first-order chi connectivity index (χ1) is 11.4. The normalized spacial score (nSPS) is 20.7. The van der Waals surface area contributed by atoms with Crippen LogP contribution in [0.4, 0.5) is 0 Å². The Hall–Kier alpha value is -1.30. The van der Waals surface area contributed by atoms with Gasteiger partial charge in [0.05, 0.1) is 0 Å². The Kier molecular flexibility index (Phi) is 8.69. The number of halogens is 2. The van der Waals surface area contributed by atoms with E-state index in [9.17, 15) is 9.59 Å². The van der Waals surface area contributed by atoms with Crippen molar-refractivity contribution >= 4 is 35.8 Å². The van der Waals surface area contributed by atoms with Crippen LogP contribution in [0.5, 0.6) is 0 Å². The van der Waals surface area contributed by atoms with E-state index in [1.165, 1.54) is 0 Å². The fraction of sp³-hybridized carbons (Fsp3) is 0.556. The summed E-state index contributed by atoms with van der Waals surface area (Å²) in [6.07, 6.45) is 3.07. The van der Waals surface area contributed by atoms with Gasteiger partial charge in [-0.2, -0.15) is 0 Å². The van der Waals surface area contributed by atoms with E-state index in [1.807, 2.05) is 13.8 Å². The summed E-state index contributed by atoms with van der Waals surface area (Å²) in [5.41, 5.74) is 6.26. The largest absolute Gasteiger partial charge is 0.351 e. The summed E-state index contributed by atoms with van der Waals surface area (Å²) < 4.78 is 0. The van der Waals surface area contributed by atoms with Crippen LogP contribution < -0.4 is 16.4 Å². The summed E-state index contributed by atoms with van der Waals surface area (Å²) in [5.74, 6) is -0.104. The van der Waals surface area contributed by atoms with Gasteiger partial charge in [0, 0.05) is 16.6 Å². The number of hydrogen-bond donors (Lipinski definition) is 3. The van der Waals surface area contributed by atoms with E-state index in [4.69, 9.17) is 17.3 Å². The minimum absolute atomic E-state index is 0. The first-order valence-electron chi connectivity index (χ1n) is 8.49. The van der Waals surface area contributed by atoms with Gasteiger partial charge in [0.25, 0.3) is 5.91 Å². The lowest BCUT2D eigenvalue weighted by Crippen LogP contribution is -2.53. The number of rotatable bonds is 6. The molecule has 3 unspecified atom stereocenters. The highest BCUT2D eigenvalue weighted by Crippen LogP contribution is 2.24. The molecule has 0 heterocycles. The molecular weight excluding hydrogens is 361 g/mol. The molecule has 1 saturated carbocycles. The van der Waals surface area contributed by atoms with Crippen LogP contribution in [0.2, 0.25) is 5.02 Å². The highest BCUT2D eigenvalue weighted by molar-refractivity contribution is 6.30. The minimum atomic E-state index is -0.577. The van der Waals surface area contributed by atoms with Crippen molar-refractivity contribution in [1.29, 1.82) is 0 Å². The first kappa shape index (κ1) is 21.7. The number of benzene rings is 1. The number of nitrogens with one attached hydrogen (secondary N) is 2. The summed E-state index contributed by atoms with van der Waals surface area (Å²) in [7, 11) is 0. The molecule has 3 atom stereocenters. The van der Waals surface area contributed by atoms with E-state index in [1.54, 1.807) is 24.3 Å². The predicted molar refractivity (Wildman–Crippen MR) is 103 cm³/mol. The van der Waals surface area contributed by atoms with Crippen LogP contribution in [0.15, 0.2) is 24.3 Å². The molecule has 5 nitrogen and oxygen atoms in total. The lowest BCUT2D eigenvalue weighted by Gasteiger charge is -2.26. The van der Waals surface area contributed by atoms with Crippen molar-refractivity contribution in [3.63, 3.8) is 0 Å². The highest BCUT2D eigenvalue weighted by atomic mass is 35.5. The van der Waals surface area contributed by atoms with Gasteiger partial charge in [0.1, 0.15) is 6.04 Å². The molecule has 1 aliphatic carbocycles. The zero-order valence-corrected chi connectivity index (χ0v) is 16.2. The molecule has 4 N–H and O–H groups in total. The molecule has 1 fully saturated rings. The van der Waals surface area contributed by atoms with Crippen molar-refractivity contribution in [2.75, 3.05) is 6.54 Å². The van der Waals surface area contributed by atoms with Crippen molar-refractivity contribution in [1.82, 2.24) is 10.6 Å². The molecule has 140 valence electrons. The maximum Gasteiger partial charge on any atom is 0.251 e. The maximum absolute atomic E-state index is 12.6. The van der Waals surface area contributed by atoms with Gasteiger partial charge in [-0.25, -0.2) is 0 Å². The van der Waals surface area contributed by atoms with Crippen LogP contribution in [0, 0.1) is 11.8 Å². The molecule has 0 bridgehead atoms. The molecule has 0 aromatic heterocycles. The summed E-state index contributed by atoms with van der Waals surface area (Å²) in [4.78, 5) is 25.0. The lowest BCUT2D eigenvalue weighted by atomic mass is 10.00. The standard InChI is InChI=1S/C18H26ClN3O2.ClH/c1-11(2)16(18(24)21-15-5-3-4-13(15)10-20)22-17(23)12-6-8-14(19)9-7-12;/h6-9,11,13,15-16H,3-5,10,20H2,1-2H3,(H,21,24)(H,22,23);1H. The van der Waals surface area contributed by atoms with Crippen molar-refractivity contribution in [3.8, 4) is 0 Å². The molecule has 0 aliphatic heterocycles. The van der Waals surface area contributed by atoms with Crippen LogP contribution in [-0.4, -0.2) is 30.4 Å². The molecule has 1 aromatic rings. The topological polar surface area (TPSA) is 84.2 Å². The van der Waals surface area contributed by atoms with E-state index in [0.29, 0.717) is 23.0 Å². The van der Waals surface area contributed by atoms with Crippen LogP contribution in [0.1, 0.15) is 43.5 Å². The van der Waals surface area contributed by atoms with E-state index in [2.05, 4.69) is 10.6 Å². The van der Waals surface area contributed by atoms with Gasteiger partial charge in [-0.15, -0.1) is 12.4 Å². The molecule has 1 aliphatic rings. The molecule has 0 saturated heterocycles. The van der Waals surface area contributed by atoms with Gasteiger partial charge >= 0.3 is 0 Å². The van der Waals surface area contributed by atoms with E-state index in [0.717, 1.165) is 19.3 Å². The fourth-order valence-electron chi connectivity index (χ4n) is 3.14. The van der Waals surface area contributed by atoms with Crippen molar-refractivity contribution in [2.45, 2.75) is 45.2 Å². The van der Waals surface area contributed by atoms with Gasteiger partial charge in [-0.1, -0.05) is 31.9 Å². The van der Waals surface area contributed by atoms with Crippen LogP contribution in [0.25, 0.3) is 0 Å². The Morgan fingerprint density at radius 3 is 2.44 bits per heavy atom. The third-order valence-electron chi connectivity index (χ3n) is 4.63. The highest BCUT2D eigenvalue weighted by Gasteiger charge is 2.31. The minimum Gasteiger partial charge on any atom is -0.351 e. The second kappa shape index (κ2) is 10.00. The zero-order valence-electron chi connectivity index (χ0n) is 14.6. The second-order valence-electron chi connectivity index (χ2n) is 6.74. The Labute approximate surface area is 160 Å². The number of nitrogens with two attached hydrogens (primary N) is 1. The molecular formula is C18H27Cl2N3O2. The van der Waals surface area contributed by atoms with Gasteiger partial charge in [0.15, 0.2) is 0 Å². The van der Waals surface area contributed by atoms with Gasteiger partial charge in [-0.05, 0) is 55.5 Å². The predicted octanol–water partition coefficient (Wildman–Crippen LogP) is 2.76. The van der Waals surface area contributed by atoms with Crippen molar-refractivity contribution < 1.29 is 9.59 Å². The maximum atomic E-state index is 12.6. The third kappa shape index (κ3) is 5.87. The van der Waals surface area contributed by atoms with Crippen molar-refractivity contribution in [3.05, 3.63) is 34.9 Å². The Bertz CT molecular complexity index is 578. The number of amides is 2. The van der Waals surface area contributed by atoms with Crippen molar-refractivity contribution in [2.24, 2.45) is 17.6 Å². The average molecular weight is 388 g/mol. The smallest absolute Gasteiger partial charge is 0.251 e. The summed E-state index contributed by atoms with van der Waals surface area (Å²) >= 11 is 5.84. The van der Waals surface area contributed by atoms with E-state index >= 15 is 0 Å². The number of carbonyl (C=O) groups excluding carboxylic acids is 2. The van der Waals surface area contributed by atoms with Crippen LogP contribution in [0.3, 0.4) is 0 Å². The first-order valence-corrected chi connectivity index (χ1v) is 8.87. The summed E-state index contributed by atoms with van der Waals surface area (Å²) in [5, 5.41) is 6.47. The molecule has 2 amide bonds. The Morgan fingerprint density at radius 1 is 1.24 bits per heavy atom. The number of carbonyl (C=O) groups is 2. The zero-order chi connectivity index (χ0) is 17.7. The quantitative estimate of drug-likeness (QED) is 0.701. The Balaban J connectivity index is 0.00000312. The molecule has 1 aromatic carbocycles. The molecule has 25 heavy (non-hydrogen) atoms. The second-order valence-corrected chi connectivity index (χ2v) is 7.18. The SMILES string of the molecule is CC(C)C(NC(=O)c1ccc(Cl)cc1)C(=O)NC1CCCC1CN.Cl. The third-order valence-corrected chi connectivity index (χ3v) is 4.88. The average Bonchev–Trinajstić information content (AvgIpc) is 2.99. The molecule has 0 spiro atoms. The molecule has 7 heteroatoms. The van der Waals surface area contributed by atoms with Crippen LogP contribution in [-0.2, 0) is 4.79 Å². The lowest BCUT2D eigenvalue weighted by molar-refractivity contribution is -0.124. The van der Waals surface area contributed by atoms with Gasteiger partial charge < -0.3 is 16.4 Å². The van der Waals surface area contributed by atoms with E-state index < -0.39 is 6.04 Å². The Morgan fingerprint density at radius 2 is 1.88 bits per heavy atom. The fourth-order valence-corrected chi connectivity index (χ4v) is 3.27. The molecule has 0 radical (unpaired) electrons. The monoisotopic (exact) mass is 387 g/mol. The summed E-state index contributed by atoms with van der Waals surface area (Å²) in [6, 6.07) is 6.14. The van der Waals surface area contributed by atoms with Gasteiger partial charge in [-0.3, -0.25) is 9.59 Å². The van der Waals surface area contributed by atoms with Gasteiger partial charge in [0.2, 0.25) is 5.91 Å². The van der Waals surface area contributed by atoms with Crippen LogP contribution >= 0.6 is 24.0 Å². The molecule has 2 rings (SSSR count).